The molecule has 0 saturated heterocycles. The first kappa shape index (κ1) is 16.9. The number of nitrogens with zero attached hydrogens (tertiary/aromatic N) is 1. The molecular weight excluding hydrogens is 394 g/mol. The van der Waals surface area contributed by atoms with Crippen LogP contribution in [0.3, 0.4) is 0 Å². The topological polar surface area (TPSA) is 40.5 Å². The third-order valence-electron chi connectivity index (χ3n) is 4.67. The number of aryl methyl sites for hydroxylation is 2. The van der Waals surface area contributed by atoms with E-state index in [2.05, 4.69) is 15.9 Å². The van der Waals surface area contributed by atoms with Crippen LogP contribution in [0.5, 0.6) is 11.5 Å². The normalized spacial score (nSPS) is 13.1. The Morgan fingerprint density at radius 3 is 2.85 bits per heavy atom. The molecule has 0 unspecified atom stereocenters. The van der Waals surface area contributed by atoms with Gasteiger partial charge in [-0.2, -0.15) is 0 Å². The van der Waals surface area contributed by atoms with Gasteiger partial charge in [0.05, 0.1) is 5.52 Å². The molecule has 0 atom stereocenters. The number of aromatic nitrogens is 1. The molecule has 1 aliphatic heterocycles. The molecule has 26 heavy (non-hydrogen) atoms. The first-order chi connectivity index (χ1) is 12.6. The first-order valence-electron chi connectivity index (χ1n) is 8.39. The molecule has 0 aliphatic carbocycles. The SMILES string of the molecule is Cc1ccccc1OCC1=CCOc2c1c1cc(Br)ccc1n(C)c2=O. The van der Waals surface area contributed by atoms with Gasteiger partial charge in [0.25, 0.3) is 5.56 Å². The fourth-order valence-electron chi connectivity index (χ4n) is 3.28. The number of rotatable bonds is 3. The van der Waals surface area contributed by atoms with Crippen molar-refractivity contribution in [1.29, 1.82) is 0 Å². The van der Waals surface area contributed by atoms with Gasteiger partial charge in [0.2, 0.25) is 0 Å². The second-order valence-corrected chi connectivity index (χ2v) is 7.24. The minimum Gasteiger partial charge on any atom is -0.489 e. The average Bonchev–Trinajstić information content (AvgIpc) is 2.65. The number of benzene rings is 2. The number of fused-ring (bicyclic) bond motifs is 3. The molecule has 0 radical (unpaired) electrons. The van der Waals surface area contributed by atoms with Gasteiger partial charge in [0.1, 0.15) is 19.0 Å². The van der Waals surface area contributed by atoms with E-state index < -0.39 is 0 Å². The lowest BCUT2D eigenvalue weighted by atomic mass is 9.98. The number of hydrogen-bond acceptors (Lipinski definition) is 3. The monoisotopic (exact) mass is 411 g/mol. The maximum atomic E-state index is 12.7. The Balaban J connectivity index is 1.83. The quantitative estimate of drug-likeness (QED) is 0.638. The molecule has 0 saturated carbocycles. The molecular formula is C21H18BrNO3. The molecule has 132 valence electrons. The maximum absolute atomic E-state index is 12.7. The molecule has 4 rings (SSSR count). The van der Waals surface area contributed by atoms with Gasteiger partial charge in [-0.05, 0) is 42.8 Å². The summed E-state index contributed by atoms with van der Waals surface area (Å²) in [7, 11) is 1.77. The van der Waals surface area contributed by atoms with Gasteiger partial charge >= 0.3 is 0 Å². The molecule has 5 heteroatoms. The van der Waals surface area contributed by atoms with E-state index >= 15 is 0 Å². The van der Waals surface area contributed by atoms with Crippen LogP contribution >= 0.6 is 15.9 Å². The van der Waals surface area contributed by atoms with Gasteiger partial charge < -0.3 is 14.0 Å². The number of hydrogen-bond donors (Lipinski definition) is 0. The zero-order valence-corrected chi connectivity index (χ0v) is 16.2. The predicted molar refractivity (Wildman–Crippen MR) is 107 cm³/mol. The summed E-state index contributed by atoms with van der Waals surface area (Å²) in [6.45, 7) is 2.77. The van der Waals surface area contributed by atoms with Gasteiger partial charge in [-0.15, -0.1) is 0 Å². The Labute approximate surface area is 159 Å². The molecule has 4 nitrogen and oxygen atoms in total. The second-order valence-electron chi connectivity index (χ2n) is 6.32. The maximum Gasteiger partial charge on any atom is 0.293 e. The Morgan fingerprint density at radius 1 is 1.23 bits per heavy atom. The fraction of sp³-hybridized carbons (Fsp3) is 0.190. The summed E-state index contributed by atoms with van der Waals surface area (Å²) in [4.78, 5) is 12.7. The lowest BCUT2D eigenvalue weighted by molar-refractivity contribution is 0.338. The van der Waals surface area contributed by atoms with Gasteiger partial charge in [-0.3, -0.25) is 4.79 Å². The van der Waals surface area contributed by atoms with Crippen molar-refractivity contribution in [2.45, 2.75) is 6.92 Å². The van der Waals surface area contributed by atoms with Crippen LogP contribution in [0.15, 0.2) is 57.8 Å². The highest BCUT2D eigenvalue weighted by molar-refractivity contribution is 9.10. The largest absolute Gasteiger partial charge is 0.489 e. The molecule has 0 fully saturated rings. The van der Waals surface area contributed by atoms with Crippen molar-refractivity contribution in [3.05, 3.63) is 74.5 Å². The van der Waals surface area contributed by atoms with Crippen molar-refractivity contribution in [3.63, 3.8) is 0 Å². The Bertz CT molecular complexity index is 1100. The van der Waals surface area contributed by atoms with E-state index in [9.17, 15) is 4.79 Å². The van der Waals surface area contributed by atoms with E-state index in [1.54, 1.807) is 11.6 Å². The highest BCUT2D eigenvalue weighted by Crippen LogP contribution is 2.35. The average molecular weight is 412 g/mol. The summed E-state index contributed by atoms with van der Waals surface area (Å²) >= 11 is 3.53. The van der Waals surface area contributed by atoms with Crippen molar-refractivity contribution in [2.75, 3.05) is 13.2 Å². The minimum atomic E-state index is -0.128. The zero-order chi connectivity index (χ0) is 18.3. The Morgan fingerprint density at radius 2 is 2.04 bits per heavy atom. The molecule has 0 amide bonds. The van der Waals surface area contributed by atoms with Crippen LogP contribution in [0.1, 0.15) is 11.1 Å². The fourth-order valence-corrected chi connectivity index (χ4v) is 3.64. The molecule has 2 aromatic carbocycles. The van der Waals surface area contributed by atoms with Crippen LogP contribution in [0.2, 0.25) is 0 Å². The van der Waals surface area contributed by atoms with Crippen molar-refractivity contribution >= 4 is 32.4 Å². The van der Waals surface area contributed by atoms with E-state index in [0.717, 1.165) is 37.8 Å². The summed E-state index contributed by atoms with van der Waals surface area (Å²) in [5.74, 6) is 1.24. The van der Waals surface area contributed by atoms with Crippen LogP contribution in [-0.2, 0) is 7.05 Å². The zero-order valence-electron chi connectivity index (χ0n) is 14.6. The Kier molecular flexibility index (Phi) is 4.32. The van der Waals surface area contributed by atoms with Crippen LogP contribution in [0, 0.1) is 6.92 Å². The van der Waals surface area contributed by atoms with Gasteiger partial charge in [-0.25, -0.2) is 0 Å². The van der Waals surface area contributed by atoms with Crippen LogP contribution in [0.4, 0.5) is 0 Å². The van der Waals surface area contributed by atoms with Crippen molar-refractivity contribution < 1.29 is 9.47 Å². The van der Waals surface area contributed by atoms with E-state index in [1.807, 2.05) is 55.5 Å². The van der Waals surface area contributed by atoms with Crippen molar-refractivity contribution in [2.24, 2.45) is 7.05 Å². The highest BCUT2D eigenvalue weighted by atomic mass is 79.9. The molecule has 0 bridgehead atoms. The van der Waals surface area contributed by atoms with Crippen LogP contribution in [-0.4, -0.2) is 17.8 Å². The number of para-hydroxylation sites is 1. The Hall–Kier alpha value is -2.53. The lowest BCUT2D eigenvalue weighted by Crippen LogP contribution is -2.24. The molecule has 1 aliphatic rings. The van der Waals surface area contributed by atoms with Crippen LogP contribution < -0.4 is 15.0 Å². The lowest BCUT2D eigenvalue weighted by Gasteiger charge is -2.22. The summed E-state index contributed by atoms with van der Waals surface area (Å²) in [6, 6.07) is 13.8. The van der Waals surface area contributed by atoms with Gasteiger partial charge in [0.15, 0.2) is 5.75 Å². The predicted octanol–water partition coefficient (Wildman–Crippen LogP) is 4.46. The van der Waals surface area contributed by atoms with Gasteiger partial charge in [-0.1, -0.05) is 34.1 Å². The summed E-state index contributed by atoms with van der Waals surface area (Å²) < 4.78 is 14.3. The molecule has 2 heterocycles. The van der Waals surface area contributed by atoms with E-state index in [-0.39, 0.29) is 5.56 Å². The summed E-state index contributed by atoms with van der Waals surface area (Å²) in [6.07, 6.45) is 1.99. The van der Waals surface area contributed by atoms with Crippen LogP contribution in [0.25, 0.3) is 16.5 Å². The van der Waals surface area contributed by atoms with Gasteiger partial charge in [0, 0.05) is 28.0 Å². The van der Waals surface area contributed by atoms with E-state index in [1.165, 1.54) is 0 Å². The third kappa shape index (κ3) is 2.82. The number of halogens is 1. The molecule has 0 N–H and O–H groups in total. The van der Waals surface area contributed by atoms with E-state index in [4.69, 9.17) is 9.47 Å². The molecule has 1 aromatic heterocycles. The summed E-state index contributed by atoms with van der Waals surface area (Å²) in [5.41, 5.74) is 3.61. The second kappa shape index (κ2) is 6.65. The van der Waals surface area contributed by atoms with Crippen molar-refractivity contribution in [1.82, 2.24) is 4.57 Å². The highest BCUT2D eigenvalue weighted by Gasteiger charge is 2.23. The third-order valence-corrected chi connectivity index (χ3v) is 5.16. The first-order valence-corrected chi connectivity index (χ1v) is 9.18. The van der Waals surface area contributed by atoms with E-state index in [0.29, 0.717) is 19.0 Å². The number of ether oxygens (including phenoxy) is 2. The molecule has 0 spiro atoms. The standard InChI is InChI=1S/C21H18BrNO3/c1-13-5-3-4-6-18(13)26-12-14-9-10-25-20-19(14)16-11-15(22)7-8-17(16)23(2)21(20)24/h3-9,11H,10,12H2,1-2H3. The minimum absolute atomic E-state index is 0.128. The summed E-state index contributed by atoms with van der Waals surface area (Å²) in [5, 5.41) is 0.968. The number of pyridine rings is 1. The smallest absolute Gasteiger partial charge is 0.293 e. The van der Waals surface area contributed by atoms with Crippen molar-refractivity contribution in [3.8, 4) is 11.5 Å². The molecule has 3 aromatic rings.